The van der Waals surface area contributed by atoms with Crippen LogP contribution in [0.5, 0.6) is 5.75 Å². The van der Waals surface area contributed by atoms with Crippen molar-refractivity contribution in [3.63, 3.8) is 0 Å². The number of carbonyl (C=O) groups is 2. The van der Waals surface area contributed by atoms with Crippen LogP contribution in [0.25, 0.3) is 0 Å². The van der Waals surface area contributed by atoms with E-state index in [9.17, 15) is 9.59 Å². The second-order valence-electron chi connectivity index (χ2n) is 6.89. The number of aliphatic carboxylic acids is 1. The Hall–Kier alpha value is -3.35. The SMILES string of the molecule is CC(=O)c1ccc(N)cc1.N[C@@H](Cc1ccc(OCc2cccc(Cl)c2)cc1)C(=O)O. The molecule has 6 nitrogen and oxygen atoms in total. The molecule has 5 N–H and O–H groups in total. The maximum absolute atomic E-state index is 10.7. The summed E-state index contributed by atoms with van der Waals surface area (Å²) in [6.45, 7) is 1.96. The molecule has 0 amide bonds. The van der Waals surface area contributed by atoms with E-state index in [-0.39, 0.29) is 5.78 Å². The Morgan fingerprint density at radius 3 is 2.19 bits per heavy atom. The fraction of sp³-hybridized carbons (Fsp3) is 0.167. The van der Waals surface area contributed by atoms with Gasteiger partial charge in [-0.15, -0.1) is 0 Å². The lowest BCUT2D eigenvalue weighted by atomic mass is 10.1. The summed E-state index contributed by atoms with van der Waals surface area (Å²) in [7, 11) is 0. The van der Waals surface area contributed by atoms with E-state index in [0.717, 1.165) is 11.1 Å². The molecule has 3 aromatic rings. The van der Waals surface area contributed by atoms with Gasteiger partial charge in [-0.2, -0.15) is 0 Å². The number of Topliss-reactive ketones (excluding diaryl/α,β-unsaturated/α-hetero) is 1. The van der Waals surface area contributed by atoms with E-state index in [1.54, 1.807) is 36.4 Å². The highest BCUT2D eigenvalue weighted by Crippen LogP contribution is 2.17. The van der Waals surface area contributed by atoms with E-state index in [2.05, 4.69) is 0 Å². The molecule has 0 radical (unpaired) electrons. The molecule has 3 rings (SSSR count). The zero-order valence-electron chi connectivity index (χ0n) is 17.1. The number of ketones is 1. The summed E-state index contributed by atoms with van der Waals surface area (Å²) in [6.07, 6.45) is 0.296. The van der Waals surface area contributed by atoms with Crippen molar-refractivity contribution in [3.05, 3.63) is 94.5 Å². The highest BCUT2D eigenvalue weighted by atomic mass is 35.5. The average molecular weight is 441 g/mol. The topological polar surface area (TPSA) is 116 Å². The van der Waals surface area contributed by atoms with Crippen LogP contribution in [0.3, 0.4) is 0 Å². The predicted octanol–water partition coefficient (Wildman–Crippen LogP) is 4.34. The highest BCUT2D eigenvalue weighted by Gasteiger charge is 2.11. The lowest BCUT2D eigenvalue weighted by molar-refractivity contribution is -0.138. The van der Waals surface area contributed by atoms with Gasteiger partial charge >= 0.3 is 5.97 Å². The third-order valence-electron chi connectivity index (χ3n) is 4.31. The van der Waals surface area contributed by atoms with Gasteiger partial charge in [-0.05, 0) is 73.0 Å². The van der Waals surface area contributed by atoms with Gasteiger partial charge in [-0.25, -0.2) is 0 Å². The van der Waals surface area contributed by atoms with Crippen LogP contribution in [-0.2, 0) is 17.8 Å². The predicted molar refractivity (Wildman–Crippen MR) is 122 cm³/mol. The van der Waals surface area contributed by atoms with Crippen LogP contribution in [0.2, 0.25) is 5.02 Å². The molecule has 162 valence electrons. The van der Waals surface area contributed by atoms with Gasteiger partial charge in [0.2, 0.25) is 0 Å². The fourth-order valence-corrected chi connectivity index (χ4v) is 2.79. The van der Waals surface area contributed by atoms with Gasteiger partial charge in [0, 0.05) is 16.3 Å². The molecule has 0 unspecified atom stereocenters. The smallest absolute Gasteiger partial charge is 0.320 e. The maximum atomic E-state index is 10.7. The maximum Gasteiger partial charge on any atom is 0.320 e. The van der Waals surface area contributed by atoms with E-state index < -0.39 is 12.0 Å². The number of hydrogen-bond donors (Lipinski definition) is 3. The summed E-state index contributed by atoms with van der Waals surface area (Å²) in [4.78, 5) is 21.4. The minimum atomic E-state index is -1.00. The molecule has 0 fully saturated rings. The first-order valence-corrected chi connectivity index (χ1v) is 9.93. The van der Waals surface area contributed by atoms with E-state index in [0.29, 0.717) is 35.1 Å². The number of ether oxygens (including phenoxy) is 1. The first-order valence-electron chi connectivity index (χ1n) is 9.55. The number of carboxylic acids is 1. The first-order chi connectivity index (χ1) is 14.7. The Morgan fingerprint density at radius 2 is 1.65 bits per heavy atom. The third-order valence-corrected chi connectivity index (χ3v) is 4.54. The molecule has 0 saturated heterocycles. The monoisotopic (exact) mass is 440 g/mol. The Labute approximate surface area is 186 Å². The molecule has 7 heteroatoms. The summed E-state index contributed by atoms with van der Waals surface area (Å²) in [5.74, 6) is -0.223. The van der Waals surface area contributed by atoms with Crippen LogP contribution < -0.4 is 16.2 Å². The second-order valence-corrected chi connectivity index (χ2v) is 7.33. The first kappa shape index (κ1) is 23.9. The molecule has 0 saturated carbocycles. The number of anilines is 1. The van der Waals surface area contributed by atoms with Crippen LogP contribution in [0.4, 0.5) is 5.69 Å². The third kappa shape index (κ3) is 8.50. The number of nitrogens with two attached hydrogens (primary N) is 2. The molecule has 0 aromatic heterocycles. The van der Waals surface area contributed by atoms with Crippen molar-refractivity contribution in [3.8, 4) is 5.75 Å². The summed E-state index contributed by atoms with van der Waals surface area (Å²) in [5, 5.41) is 9.45. The second kappa shape index (κ2) is 11.7. The van der Waals surface area contributed by atoms with Crippen molar-refractivity contribution in [2.75, 3.05) is 5.73 Å². The van der Waals surface area contributed by atoms with E-state index in [1.165, 1.54) is 6.92 Å². The molecule has 0 bridgehead atoms. The van der Waals surface area contributed by atoms with Gasteiger partial charge < -0.3 is 21.3 Å². The normalized spacial score (nSPS) is 11.1. The van der Waals surface area contributed by atoms with Crippen molar-refractivity contribution in [1.82, 2.24) is 0 Å². The van der Waals surface area contributed by atoms with Gasteiger partial charge in [0.15, 0.2) is 5.78 Å². The van der Waals surface area contributed by atoms with Gasteiger partial charge in [0.1, 0.15) is 18.4 Å². The minimum Gasteiger partial charge on any atom is -0.489 e. The Balaban J connectivity index is 0.000000285. The van der Waals surface area contributed by atoms with E-state index in [1.807, 2.05) is 36.4 Å². The van der Waals surface area contributed by atoms with E-state index >= 15 is 0 Å². The number of benzene rings is 3. The van der Waals surface area contributed by atoms with Gasteiger partial charge in [0.05, 0.1) is 0 Å². The summed E-state index contributed by atoms with van der Waals surface area (Å²) in [6, 6.07) is 20.7. The van der Waals surface area contributed by atoms with Crippen molar-refractivity contribution in [2.45, 2.75) is 26.0 Å². The number of halogens is 1. The van der Waals surface area contributed by atoms with Gasteiger partial charge in [0.25, 0.3) is 0 Å². The zero-order valence-corrected chi connectivity index (χ0v) is 17.9. The molecule has 0 aliphatic rings. The van der Waals surface area contributed by atoms with Crippen molar-refractivity contribution < 1.29 is 19.4 Å². The Morgan fingerprint density at radius 1 is 1.00 bits per heavy atom. The van der Waals surface area contributed by atoms with Crippen LogP contribution in [0.15, 0.2) is 72.8 Å². The van der Waals surface area contributed by atoms with Crippen molar-refractivity contribution >= 4 is 29.0 Å². The lowest BCUT2D eigenvalue weighted by Gasteiger charge is -2.09. The van der Waals surface area contributed by atoms with Crippen molar-refractivity contribution in [1.29, 1.82) is 0 Å². The van der Waals surface area contributed by atoms with Gasteiger partial charge in [-0.1, -0.05) is 35.9 Å². The zero-order chi connectivity index (χ0) is 22.8. The molecule has 1 atom stereocenters. The summed E-state index contributed by atoms with van der Waals surface area (Å²) >= 11 is 5.91. The molecular weight excluding hydrogens is 416 g/mol. The summed E-state index contributed by atoms with van der Waals surface area (Å²) in [5.41, 5.74) is 14.1. The highest BCUT2D eigenvalue weighted by molar-refractivity contribution is 6.30. The number of nitrogen functional groups attached to an aromatic ring is 1. The fourth-order valence-electron chi connectivity index (χ4n) is 2.57. The molecular formula is C24H25ClN2O4. The van der Waals surface area contributed by atoms with E-state index in [4.69, 9.17) is 32.9 Å². The standard InChI is InChI=1S/C16H16ClNO3.C8H9NO/c17-13-3-1-2-12(8-13)10-21-14-6-4-11(5-7-14)9-15(18)16(19)20;1-6(10)7-2-4-8(9)5-3-7/h1-8,15H,9-10,18H2,(H,19,20);2-5H,9H2,1H3/t15-;/m0./s1. The van der Waals surface area contributed by atoms with Gasteiger partial charge in [-0.3, -0.25) is 9.59 Å². The Kier molecular flexibility index (Phi) is 9.06. The quantitative estimate of drug-likeness (QED) is 0.371. The largest absolute Gasteiger partial charge is 0.489 e. The van der Waals surface area contributed by atoms with Crippen molar-refractivity contribution in [2.24, 2.45) is 5.73 Å². The van der Waals surface area contributed by atoms with Crippen LogP contribution in [0.1, 0.15) is 28.4 Å². The molecule has 0 spiro atoms. The number of carbonyl (C=O) groups excluding carboxylic acids is 1. The van der Waals surface area contributed by atoms with Crippen LogP contribution >= 0.6 is 11.6 Å². The summed E-state index contributed by atoms with van der Waals surface area (Å²) < 4.78 is 5.65. The number of carboxylic acid groups (broad SMARTS) is 1. The molecule has 31 heavy (non-hydrogen) atoms. The number of rotatable bonds is 7. The molecule has 3 aromatic carbocycles. The van der Waals surface area contributed by atoms with Crippen LogP contribution in [0, 0.1) is 0 Å². The molecule has 0 aliphatic carbocycles. The average Bonchev–Trinajstić information content (AvgIpc) is 2.74. The van der Waals surface area contributed by atoms with Crippen LogP contribution in [-0.4, -0.2) is 22.9 Å². The number of hydrogen-bond acceptors (Lipinski definition) is 5. The molecule has 0 aliphatic heterocycles. The lowest BCUT2D eigenvalue weighted by Crippen LogP contribution is -2.32. The minimum absolute atomic E-state index is 0.0694. The Bertz CT molecular complexity index is 1000. The molecule has 0 heterocycles.